The normalized spacial score (nSPS) is 16.0. The summed E-state index contributed by atoms with van der Waals surface area (Å²) in [6, 6.07) is 15.9. The molecule has 2 aromatic carbocycles. The monoisotopic (exact) mass is 370 g/mol. The second kappa shape index (κ2) is 9.28. The molecule has 0 fully saturated rings. The summed E-state index contributed by atoms with van der Waals surface area (Å²) in [7, 11) is 0. The molecule has 2 atom stereocenters. The zero-order valence-electron chi connectivity index (χ0n) is 15.7. The number of ether oxygens (including phenoxy) is 3. The van der Waals surface area contributed by atoms with Gasteiger partial charge in [-0.05, 0) is 43.1 Å². The van der Waals surface area contributed by atoms with Crippen LogP contribution < -0.4 is 20.1 Å². The number of hydrogen-bond donors (Lipinski definition) is 2. The topological polar surface area (TPSA) is 68.8 Å². The molecule has 1 aliphatic heterocycles. The van der Waals surface area contributed by atoms with Crippen molar-refractivity contribution in [3.8, 4) is 11.5 Å². The van der Waals surface area contributed by atoms with Crippen molar-refractivity contribution in [1.29, 1.82) is 0 Å². The number of hydrogen-bond acceptors (Lipinski definition) is 5. The maximum atomic E-state index is 11.8. The summed E-state index contributed by atoms with van der Waals surface area (Å²) in [5, 5.41) is 6.07. The van der Waals surface area contributed by atoms with E-state index in [0.29, 0.717) is 17.5 Å². The first kappa shape index (κ1) is 19.0. The van der Waals surface area contributed by atoms with Crippen molar-refractivity contribution in [2.45, 2.75) is 39.2 Å². The Hall–Kier alpha value is -2.73. The largest absolute Gasteiger partial charge is 0.449 e. The lowest BCUT2D eigenvalue weighted by molar-refractivity contribution is 0.0469. The number of nitrogens with one attached hydrogen (secondary N) is 2. The van der Waals surface area contributed by atoms with Crippen LogP contribution in [0, 0.1) is 0 Å². The molecule has 3 rings (SSSR count). The van der Waals surface area contributed by atoms with Gasteiger partial charge in [0.1, 0.15) is 6.61 Å². The van der Waals surface area contributed by atoms with E-state index in [-0.39, 0.29) is 13.2 Å². The molecule has 1 heterocycles. The lowest BCUT2D eigenvalue weighted by atomic mass is 10.1. The fourth-order valence-electron chi connectivity index (χ4n) is 2.97. The lowest BCUT2D eigenvalue weighted by Gasteiger charge is -2.12. The molecule has 2 aromatic rings. The summed E-state index contributed by atoms with van der Waals surface area (Å²) >= 11 is 0. The number of fused-ring (bicyclic) bond motifs is 1. The molecule has 27 heavy (non-hydrogen) atoms. The second-order valence-electron chi connectivity index (χ2n) is 6.55. The molecule has 0 saturated heterocycles. The highest BCUT2D eigenvalue weighted by atomic mass is 16.7. The number of alkyl carbamates (subject to hydrolysis) is 1. The zero-order chi connectivity index (χ0) is 19.1. The van der Waals surface area contributed by atoms with Crippen molar-refractivity contribution in [2.75, 3.05) is 13.1 Å². The van der Waals surface area contributed by atoms with Crippen molar-refractivity contribution >= 4 is 6.09 Å². The van der Waals surface area contributed by atoms with Crippen molar-refractivity contribution < 1.29 is 19.0 Å². The Morgan fingerprint density at radius 2 is 1.89 bits per heavy atom. The molecular weight excluding hydrogens is 344 g/mol. The molecule has 6 nitrogen and oxygen atoms in total. The van der Waals surface area contributed by atoms with Crippen LogP contribution in [0.4, 0.5) is 4.79 Å². The van der Waals surface area contributed by atoms with Crippen LogP contribution in [0.5, 0.6) is 11.5 Å². The second-order valence-corrected chi connectivity index (χ2v) is 6.55. The summed E-state index contributed by atoms with van der Waals surface area (Å²) in [5.74, 6) is 1.40. The molecule has 0 bridgehead atoms. The Labute approximate surface area is 159 Å². The predicted octanol–water partition coefficient (Wildman–Crippen LogP) is 3.25. The summed E-state index contributed by atoms with van der Waals surface area (Å²) in [5.41, 5.74) is 2.12. The van der Waals surface area contributed by atoms with Crippen LogP contribution in [-0.2, 0) is 17.8 Å². The van der Waals surface area contributed by atoms with E-state index in [9.17, 15) is 4.79 Å². The van der Waals surface area contributed by atoms with Gasteiger partial charge in [-0.15, -0.1) is 0 Å². The standard InChI is InChI=1S/C21H26N2O4/c1-3-22-15(2)11-17-9-10-18-19(12-17)27-20(26-18)13-23-21(24)25-14-16-7-5-4-6-8-16/h4-10,12,15,20,22H,3,11,13-14H2,1-2H3,(H,23,24). The fourth-order valence-corrected chi connectivity index (χ4v) is 2.97. The lowest BCUT2D eigenvalue weighted by Crippen LogP contribution is -2.36. The number of likely N-dealkylation sites (N-methyl/N-ethyl adjacent to an activating group) is 1. The Balaban J connectivity index is 1.43. The molecule has 2 N–H and O–H groups in total. The van der Waals surface area contributed by atoms with Gasteiger partial charge in [-0.25, -0.2) is 4.79 Å². The average molecular weight is 370 g/mol. The van der Waals surface area contributed by atoms with Gasteiger partial charge in [0, 0.05) is 6.04 Å². The van der Waals surface area contributed by atoms with E-state index >= 15 is 0 Å². The number of rotatable bonds is 8. The van der Waals surface area contributed by atoms with E-state index in [1.807, 2.05) is 48.5 Å². The summed E-state index contributed by atoms with van der Waals surface area (Å²) < 4.78 is 16.7. The molecule has 1 aliphatic rings. The number of amides is 1. The fraction of sp³-hybridized carbons (Fsp3) is 0.381. The molecule has 144 valence electrons. The summed E-state index contributed by atoms with van der Waals surface area (Å²) in [4.78, 5) is 11.8. The van der Waals surface area contributed by atoms with Gasteiger partial charge in [-0.3, -0.25) is 0 Å². The third-order valence-electron chi connectivity index (χ3n) is 4.25. The minimum absolute atomic E-state index is 0.214. The van der Waals surface area contributed by atoms with Gasteiger partial charge in [0.15, 0.2) is 11.5 Å². The number of carbonyl (C=O) groups excluding carboxylic acids is 1. The highest BCUT2D eigenvalue weighted by Crippen LogP contribution is 2.35. The Bertz CT molecular complexity index is 751. The molecule has 0 aromatic heterocycles. The first-order valence-corrected chi connectivity index (χ1v) is 9.28. The molecule has 0 saturated carbocycles. The SMILES string of the molecule is CCNC(C)Cc1ccc2c(c1)OC(CNC(=O)OCc1ccccc1)O2. The Morgan fingerprint density at radius 3 is 2.67 bits per heavy atom. The molecule has 6 heteroatoms. The third kappa shape index (κ3) is 5.62. The van der Waals surface area contributed by atoms with Crippen molar-refractivity contribution in [3.05, 3.63) is 59.7 Å². The van der Waals surface area contributed by atoms with Crippen LogP contribution in [-0.4, -0.2) is 31.5 Å². The van der Waals surface area contributed by atoms with E-state index < -0.39 is 12.4 Å². The van der Waals surface area contributed by atoms with E-state index in [4.69, 9.17) is 14.2 Å². The molecule has 0 aliphatic carbocycles. The minimum atomic E-state index is -0.550. The highest BCUT2D eigenvalue weighted by Gasteiger charge is 2.25. The molecule has 0 radical (unpaired) electrons. The van der Waals surface area contributed by atoms with Crippen molar-refractivity contribution in [3.63, 3.8) is 0 Å². The maximum Gasteiger partial charge on any atom is 0.407 e. The summed E-state index contributed by atoms with van der Waals surface area (Å²) in [6.45, 7) is 5.64. The zero-order valence-corrected chi connectivity index (χ0v) is 15.7. The average Bonchev–Trinajstić information content (AvgIpc) is 3.08. The summed E-state index contributed by atoms with van der Waals surface area (Å²) in [6.07, 6.45) is -0.132. The molecular formula is C21H26N2O4. The predicted molar refractivity (Wildman–Crippen MR) is 103 cm³/mol. The highest BCUT2D eigenvalue weighted by molar-refractivity contribution is 5.67. The number of benzene rings is 2. The van der Waals surface area contributed by atoms with Gasteiger partial charge < -0.3 is 24.8 Å². The van der Waals surface area contributed by atoms with Crippen molar-refractivity contribution in [1.82, 2.24) is 10.6 Å². The van der Waals surface area contributed by atoms with Crippen LogP contribution >= 0.6 is 0 Å². The Kier molecular flexibility index (Phi) is 6.54. The van der Waals surface area contributed by atoms with Gasteiger partial charge in [0.2, 0.25) is 0 Å². The van der Waals surface area contributed by atoms with Gasteiger partial charge in [0.05, 0.1) is 6.54 Å². The van der Waals surface area contributed by atoms with Crippen LogP contribution in [0.15, 0.2) is 48.5 Å². The van der Waals surface area contributed by atoms with E-state index in [2.05, 4.69) is 24.5 Å². The van der Waals surface area contributed by atoms with Crippen LogP contribution in [0.25, 0.3) is 0 Å². The molecule has 1 amide bonds. The smallest absolute Gasteiger partial charge is 0.407 e. The van der Waals surface area contributed by atoms with Gasteiger partial charge in [-0.2, -0.15) is 0 Å². The van der Waals surface area contributed by atoms with Gasteiger partial charge >= 0.3 is 6.09 Å². The molecule has 2 unspecified atom stereocenters. The third-order valence-corrected chi connectivity index (χ3v) is 4.25. The maximum absolute atomic E-state index is 11.8. The minimum Gasteiger partial charge on any atom is -0.449 e. The van der Waals surface area contributed by atoms with Gasteiger partial charge in [0.25, 0.3) is 6.29 Å². The number of carbonyl (C=O) groups is 1. The Morgan fingerprint density at radius 1 is 1.11 bits per heavy atom. The molecule has 0 spiro atoms. The van der Waals surface area contributed by atoms with Crippen LogP contribution in [0.2, 0.25) is 0 Å². The first-order chi connectivity index (χ1) is 13.1. The van der Waals surface area contributed by atoms with E-state index in [1.54, 1.807) is 0 Å². The van der Waals surface area contributed by atoms with Crippen molar-refractivity contribution in [2.24, 2.45) is 0 Å². The quantitative estimate of drug-likeness (QED) is 0.747. The van der Waals surface area contributed by atoms with E-state index in [1.165, 1.54) is 5.56 Å². The first-order valence-electron chi connectivity index (χ1n) is 9.28. The van der Waals surface area contributed by atoms with E-state index in [0.717, 1.165) is 18.5 Å². The van der Waals surface area contributed by atoms with Gasteiger partial charge in [-0.1, -0.05) is 43.3 Å². The van der Waals surface area contributed by atoms with Crippen LogP contribution in [0.1, 0.15) is 25.0 Å². The van der Waals surface area contributed by atoms with Crippen LogP contribution in [0.3, 0.4) is 0 Å².